The van der Waals surface area contributed by atoms with Gasteiger partial charge in [-0.25, -0.2) is 19.7 Å². The number of nitrogens with one attached hydrogen (secondary N) is 3. The molecular formula is C34H45N7O4. The lowest BCUT2D eigenvalue weighted by atomic mass is 9.92. The van der Waals surface area contributed by atoms with E-state index < -0.39 is 23.5 Å². The van der Waals surface area contributed by atoms with Crippen LogP contribution in [0.4, 0.5) is 17.5 Å². The maximum Gasteiger partial charge on any atom is 0.331 e. The van der Waals surface area contributed by atoms with Gasteiger partial charge in [0.05, 0.1) is 0 Å². The highest BCUT2D eigenvalue weighted by Gasteiger charge is 2.29. The molecule has 1 amide bonds. The van der Waals surface area contributed by atoms with Crippen LogP contribution in [0.3, 0.4) is 0 Å². The maximum atomic E-state index is 13.1. The average molecular weight is 616 g/mol. The molecule has 4 heterocycles. The summed E-state index contributed by atoms with van der Waals surface area (Å²) in [7, 11) is 0. The Hall–Kier alpha value is -4.41. The minimum atomic E-state index is -0.950. The number of aromatic nitrogens is 3. The summed E-state index contributed by atoms with van der Waals surface area (Å²) in [6, 6.07) is 12.5. The van der Waals surface area contributed by atoms with Gasteiger partial charge in [-0.1, -0.05) is 31.2 Å². The van der Waals surface area contributed by atoms with E-state index in [0.29, 0.717) is 23.9 Å². The lowest BCUT2D eigenvalue weighted by molar-refractivity contribution is -0.158. The van der Waals surface area contributed by atoms with Gasteiger partial charge in [0.1, 0.15) is 41.2 Å². The van der Waals surface area contributed by atoms with Gasteiger partial charge in [-0.3, -0.25) is 4.79 Å². The third-order valence-corrected chi connectivity index (χ3v) is 8.02. The first-order valence-corrected chi connectivity index (χ1v) is 16.0. The van der Waals surface area contributed by atoms with Crippen LogP contribution in [0.15, 0.2) is 48.8 Å². The van der Waals surface area contributed by atoms with Crippen LogP contribution in [0.1, 0.15) is 69.7 Å². The lowest BCUT2D eigenvalue weighted by Gasteiger charge is -2.34. The van der Waals surface area contributed by atoms with Gasteiger partial charge >= 0.3 is 5.97 Å². The van der Waals surface area contributed by atoms with E-state index in [1.807, 2.05) is 18.2 Å². The van der Waals surface area contributed by atoms with Crippen molar-refractivity contribution in [3.05, 3.63) is 65.6 Å². The number of esters is 1. The van der Waals surface area contributed by atoms with Crippen molar-refractivity contribution in [2.24, 2.45) is 0 Å². The second-order valence-corrected chi connectivity index (χ2v) is 12.5. The molecule has 240 valence electrons. The van der Waals surface area contributed by atoms with E-state index in [1.54, 1.807) is 39.2 Å². The number of fused-ring (bicyclic) bond motifs is 1. The largest absolute Gasteiger partial charge is 0.484 e. The molecule has 0 unspecified atom stereocenters. The smallest absolute Gasteiger partial charge is 0.331 e. The van der Waals surface area contributed by atoms with Gasteiger partial charge in [-0.05, 0) is 76.6 Å². The highest BCUT2D eigenvalue weighted by molar-refractivity contribution is 5.86. The van der Waals surface area contributed by atoms with Gasteiger partial charge in [-0.15, -0.1) is 0 Å². The Kier molecular flexibility index (Phi) is 10.4. The Balaban J connectivity index is 1.23. The number of carbonyl (C=O) groups is 2. The number of aryl methyl sites for hydroxylation is 1. The zero-order valence-corrected chi connectivity index (χ0v) is 26.8. The molecule has 1 atom stereocenters. The predicted molar refractivity (Wildman–Crippen MR) is 175 cm³/mol. The number of para-hydroxylation sites is 1. The van der Waals surface area contributed by atoms with Crippen molar-refractivity contribution < 1.29 is 19.1 Å². The summed E-state index contributed by atoms with van der Waals surface area (Å²) in [6.45, 7) is 10.0. The number of nitrogens with zero attached hydrogens (tertiary/aromatic N) is 4. The van der Waals surface area contributed by atoms with Crippen molar-refractivity contribution in [2.45, 2.75) is 77.4 Å². The Labute approximate surface area is 265 Å². The first-order valence-electron chi connectivity index (χ1n) is 16.0. The number of benzene rings is 1. The number of amides is 1. The number of ether oxygens (including phenoxy) is 2. The van der Waals surface area contributed by atoms with Crippen LogP contribution < -0.4 is 25.6 Å². The van der Waals surface area contributed by atoms with Crippen molar-refractivity contribution in [3.8, 4) is 5.75 Å². The van der Waals surface area contributed by atoms with Crippen LogP contribution in [0.25, 0.3) is 0 Å². The summed E-state index contributed by atoms with van der Waals surface area (Å²) in [5, 5.41) is 9.53. The van der Waals surface area contributed by atoms with Crippen LogP contribution >= 0.6 is 0 Å². The third-order valence-electron chi connectivity index (χ3n) is 8.02. The highest BCUT2D eigenvalue weighted by atomic mass is 16.6. The van der Waals surface area contributed by atoms with Crippen LogP contribution in [0.5, 0.6) is 5.75 Å². The molecular weight excluding hydrogens is 570 g/mol. The molecule has 1 saturated heterocycles. The fraction of sp³-hybridized carbons (Fsp3) is 0.500. The zero-order valence-electron chi connectivity index (χ0n) is 26.8. The van der Waals surface area contributed by atoms with E-state index in [-0.39, 0.29) is 13.2 Å². The number of anilines is 3. The van der Waals surface area contributed by atoms with Crippen molar-refractivity contribution >= 4 is 29.3 Å². The average Bonchev–Trinajstić information content (AvgIpc) is 3.05. The topological polar surface area (TPSA) is 131 Å². The molecule has 45 heavy (non-hydrogen) atoms. The van der Waals surface area contributed by atoms with Crippen molar-refractivity contribution in [1.29, 1.82) is 0 Å². The van der Waals surface area contributed by atoms with Crippen molar-refractivity contribution in [1.82, 2.24) is 20.3 Å². The number of hydrogen-bond acceptors (Lipinski definition) is 10. The number of carbonyl (C=O) groups excluding carboxylic acids is 2. The lowest BCUT2D eigenvalue weighted by Crippen LogP contribution is -2.49. The molecule has 3 N–H and O–H groups in total. The molecule has 0 saturated carbocycles. The van der Waals surface area contributed by atoms with Gasteiger partial charge in [0, 0.05) is 43.4 Å². The summed E-state index contributed by atoms with van der Waals surface area (Å²) in [6.07, 6.45) is 6.46. The summed E-state index contributed by atoms with van der Waals surface area (Å²) in [5.41, 5.74) is 2.72. The summed E-state index contributed by atoms with van der Waals surface area (Å²) in [5.74, 6) is 2.58. The fourth-order valence-electron chi connectivity index (χ4n) is 5.78. The molecule has 11 nitrogen and oxygen atoms in total. The van der Waals surface area contributed by atoms with E-state index in [9.17, 15) is 9.59 Å². The Morgan fingerprint density at radius 1 is 1.09 bits per heavy atom. The minimum Gasteiger partial charge on any atom is -0.484 e. The van der Waals surface area contributed by atoms with Crippen LogP contribution in [0.2, 0.25) is 0 Å². The second-order valence-electron chi connectivity index (χ2n) is 12.5. The quantitative estimate of drug-likeness (QED) is 0.265. The van der Waals surface area contributed by atoms with Crippen LogP contribution in [-0.4, -0.2) is 71.3 Å². The monoisotopic (exact) mass is 615 g/mol. The standard InChI is InChI=1S/C34H45N7O4/c1-5-26-31(36-20-28(33(43)45-34(2,3)4)39-29(42)21-44-25-11-7-6-8-12-25)37-22-38-32(26)41-18-15-23(16-19-41)27-14-13-24-10-9-17-35-30(24)40-27/h6-8,11-14,22-23,28H,5,9-10,15-21H2,1-4H3,(H,35,40)(H,39,42)(H,36,37,38)/t28-/m0/s1. The highest BCUT2D eigenvalue weighted by Crippen LogP contribution is 2.33. The molecule has 0 bridgehead atoms. The number of hydrogen-bond donors (Lipinski definition) is 3. The van der Waals surface area contributed by atoms with Gasteiger partial charge in [0.15, 0.2) is 6.61 Å². The molecule has 2 aromatic heterocycles. The number of piperidine rings is 1. The predicted octanol–water partition coefficient (Wildman–Crippen LogP) is 4.49. The second kappa shape index (κ2) is 14.6. The first-order chi connectivity index (χ1) is 21.7. The van der Waals surface area contributed by atoms with E-state index in [4.69, 9.17) is 14.5 Å². The van der Waals surface area contributed by atoms with E-state index in [1.165, 1.54) is 5.56 Å². The number of rotatable bonds is 11. The fourth-order valence-corrected chi connectivity index (χ4v) is 5.78. The molecule has 0 spiro atoms. The molecule has 2 aliphatic rings. The summed E-state index contributed by atoms with van der Waals surface area (Å²) < 4.78 is 11.2. The normalized spacial score (nSPS) is 15.8. The molecule has 0 radical (unpaired) electrons. The van der Waals surface area contributed by atoms with E-state index in [0.717, 1.165) is 68.2 Å². The van der Waals surface area contributed by atoms with E-state index >= 15 is 0 Å². The molecule has 11 heteroatoms. The Morgan fingerprint density at radius 2 is 1.87 bits per heavy atom. The molecule has 1 fully saturated rings. The molecule has 2 aliphatic heterocycles. The number of pyridine rings is 1. The van der Waals surface area contributed by atoms with Crippen LogP contribution in [0, 0.1) is 0 Å². The molecule has 1 aromatic carbocycles. The first kappa shape index (κ1) is 32.0. The van der Waals surface area contributed by atoms with Crippen molar-refractivity contribution in [2.75, 3.05) is 48.3 Å². The van der Waals surface area contributed by atoms with E-state index in [2.05, 4.69) is 49.9 Å². The molecule has 0 aliphatic carbocycles. The van der Waals surface area contributed by atoms with Gasteiger partial charge in [-0.2, -0.15) is 0 Å². The summed E-state index contributed by atoms with van der Waals surface area (Å²) in [4.78, 5) is 42.4. The zero-order chi connectivity index (χ0) is 31.8. The molecule has 3 aromatic rings. The van der Waals surface area contributed by atoms with Crippen LogP contribution in [-0.2, 0) is 27.2 Å². The Bertz CT molecular complexity index is 1450. The third kappa shape index (κ3) is 8.61. The van der Waals surface area contributed by atoms with Gasteiger partial charge in [0.25, 0.3) is 5.91 Å². The van der Waals surface area contributed by atoms with Crippen molar-refractivity contribution in [3.63, 3.8) is 0 Å². The van der Waals surface area contributed by atoms with Gasteiger partial charge < -0.3 is 30.3 Å². The van der Waals surface area contributed by atoms with Gasteiger partial charge in [0.2, 0.25) is 0 Å². The SMILES string of the molecule is CCc1c(NC[C@H](NC(=O)COc2ccccc2)C(=O)OC(C)(C)C)ncnc1N1CCC(c2ccc3c(n2)NCCC3)CC1. The summed E-state index contributed by atoms with van der Waals surface area (Å²) >= 11 is 0. The maximum absolute atomic E-state index is 13.1. The molecule has 5 rings (SSSR count). The Morgan fingerprint density at radius 3 is 2.60 bits per heavy atom. The minimum absolute atomic E-state index is 0.0928.